The third kappa shape index (κ3) is 6.58. The molecule has 0 spiro atoms. The number of anilines is 2. The minimum Gasteiger partial charge on any atom is -0.370 e. The summed E-state index contributed by atoms with van der Waals surface area (Å²) in [5.41, 5.74) is 0. The maximum Gasteiger partial charge on any atom is 0.451 e. The molecule has 0 aliphatic heterocycles. The Morgan fingerprint density at radius 1 is 1.14 bits per heavy atom. The summed E-state index contributed by atoms with van der Waals surface area (Å²) in [6.45, 7) is 2.25. The first kappa shape index (κ1) is 17.4. The van der Waals surface area contributed by atoms with Crippen LogP contribution < -0.4 is 15.4 Å². The second-order valence-electron chi connectivity index (χ2n) is 4.08. The normalized spacial score (nSPS) is 12.2. The highest BCUT2D eigenvalue weighted by Crippen LogP contribution is 2.28. The van der Waals surface area contributed by atoms with Crippen LogP contribution in [0.3, 0.4) is 0 Å². The molecule has 7 nitrogen and oxygen atoms in total. The van der Waals surface area contributed by atoms with Crippen molar-refractivity contribution < 1.29 is 21.6 Å². The first-order valence-electron chi connectivity index (χ1n) is 6.00. The van der Waals surface area contributed by atoms with E-state index in [0.717, 1.165) is 6.26 Å². The summed E-state index contributed by atoms with van der Waals surface area (Å²) < 4.78 is 61.9. The van der Waals surface area contributed by atoms with E-state index >= 15 is 0 Å². The van der Waals surface area contributed by atoms with E-state index in [2.05, 4.69) is 25.3 Å². The topological polar surface area (TPSA) is 96.0 Å². The number of alkyl halides is 3. The molecule has 0 saturated carbocycles. The summed E-state index contributed by atoms with van der Waals surface area (Å²) in [6, 6.07) is 1.32. The number of nitrogens with zero attached hydrogens (tertiary/aromatic N) is 2. The van der Waals surface area contributed by atoms with Crippen LogP contribution in [0.2, 0.25) is 0 Å². The van der Waals surface area contributed by atoms with Crippen LogP contribution >= 0.6 is 0 Å². The third-order valence-electron chi connectivity index (χ3n) is 2.13. The number of aromatic nitrogens is 2. The lowest BCUT2D eigenvalue weighted by molar-refractivity contribution is -0.144. The monoisotopic (exact) mass is 327 g/mol. The number of halogens is 3. The minimum absolute atomic E-state index is 0.0285. The molecule has 1 heterocycles. The molecule has 21 heavy (non-hydrogen) atoms. The van der Waals surface area contributed by atoms with Crippen LogP contribution in [0.15, 0.2) is 6.07 Å². The van der Waals surface area contributed by atoms with Crippen molar-refractivity contribution in [3.63, 3.8) is 0 Å². The predicted molar refractivity (Wildman–Crippen MR) is 72.5 cm³/mol. The molecular weight excluding hydrogens is 311 g/mol. The van der Waals surface area contributed by atoms with Gasteiger partial charge in [0.1, 0.15) is 11.6 Å². The van der Waals surface area contributed by atoms with Gasteiger partial charge in [-0.05, 0) is 6.92 Å². The van der Waals surface area contributed by atoms with Gasteiger partial charge in [-0.1, -0.05) is 0 Å². The summed E-state index contributed by atoms with van der Waals surface area (Å²) in [4.78, 5) is 6.72. The van der Waals surface area contributed by atoms with Crippen LogP contribution in [0.25, 0.3) is 0 Å². The quantitative estimate of drug-likeness (QED) is 0.644. The molecule has 1 rings (SSSR count). The van der Waals surface area contributed by atoms with Gasteiger partial charge in [-0.3, -0.25) is 0 Å². The molecule has 0 radical (unpaired) electrons. The van der Waals surface area contributed by atoms with Gasteiger partial charge in [-0.25, -0.2) is 23.1 Å². The Morgan fingerprint density at radius 3 is 2.19 bits per heavy atom. The van der Waals surface area contributed by atoms with Gasteiger partial charge < -0.3 is 10.6 Å². The van der Waals surface area contributed by atoms with Crippen molar-refractivity contribution in [2.45, 2.75) is 13.1 Å². The number of rotatable bonds is 7. The number of nitrogens with one attached hydrogen (secondary N) is 3. The maximum atomic E-state index is 12.7. The van der Waals surface area contributed by atoms with E-state index in [-0.39, 0.29) is 24.7 Å². The lowest BCUT2D eigenvalue weighted by Crippen LogP contribution is -2.28. The standard InChI is InChI=1S/C10H16F3N5O2S/c1-3-14-7-6-8(15-4-5-16-21(2,19)20)18-9(17-7)10(11,12)13/h6,16H,3-5H2,1-2H3,(H2,14,15,17,18). The fourth-order valence-corrected chi connectivity index (χ4v) is 1.84. The average Bonchev–Trinajstić information content (AvgIpc) is 2.33. The summed E-state index contributed by atoms with van der Waals surface area (Å²) in [7, 11) is -3.34. The zero-order chi connectivity index (χ0) is 16.1. The van der Waals surface area contributed by atoms with Crippen LogP contribution in [0.4, 0.5) is 24.8 Å². The summed E-state index contributed by atoms with van der Waals surface area (Å²) in [6.07, 6.45) is -3.67. The Bertz CT molecular complexity index is 577. The molecule has 0 saturated heterocycles. The van der Waals surface area contributed by atoms with Gasteiger partial charge in [0, 0.05) is 25.7 Å². The van der Waals surface area contributed by atoms with Gasteiger partial charge in [0.25, 0.3) is 0 Å². The summed E-state index contributed by atoms with van der Waals surface area (Å²) in [5.74, 6) is -1.26. The van der Waals surface area contributed by atoms with E-state index in [4.69, 9.17) is 0 Å². The number of hydrogen-bond acceptors (Lipinski definition) is 6. The van der Waals surface area contributed by atoms with Gasteiger partial charge in [-0.15, -0.1) is 0 Å². The second-order valence-corrected chi connectivity index (χ2v) is 5.92. The third-order valence-corrected chi connectivity index (χ3v) is 2.86. The van der Waals surface area contributed by atoms with Gasteiger partial charge in [0.05, 0.1) is 6.26 Å². The zero-order valence-corrected chi connectivity index (χ0v) is 12.3. The van der Waals surface area contributed by atoms with Crippen molar-refractivity contribution in [1.29, 1.82) is 0 Å². The van der Waals surface area contributed by atoms with Crippen molar-refractivity contribution >= 4 is 21.7 Å². The van der Waals surface area contributed by atoms with Crippen LogP contribution in [-0.2, 0) is 16.2 Å². The summed E-state index contributed by atoms with van der Waals surface area (Å²) in [5, 5.41) is 5.28. The highest BCUT2D eigenvalue weighted by molar-refractivity contribution is 7.88. The molecular formula is C10H16F3N5O2S. The van der Waals surface area contributed by atoms with Crippen LogP contribution in [0, 0.1) is 0 Å². The Balaban J connectivity index is 2.78. The van der Waals surface area contributed by atoms with Crippen molar-refractivity contribution in [2.24, 2.45) is 0 Å². The van der Waals surface area contributed by atoms with Gasteiger partial charge in [-0.2, -0.15) is 13.2 Å². The second kappa shape index (κ2) is 6.89. The molecule has 11 heteroatoms. The first-order chi connectivity index (χ1) is 9.62. The SMILES string of the molecule is CCNc1cc(NCCNS(C)(=O)=O)nc(C(F)(F)F)n1. The Kier molecular flexibility index (Phi) is 5.72. The van der Waals surface area contributed by atoms with E-state index in [9.17, 15) is 21.6 Å². The molecule has 0 atom stereocenters. The molecule has 1 aromatic rings. The molecule has 1 aromatic heterocycles. The lowest BCUT2D eigenvalue weighted by Gasteiger charge is -2.12. The molecule has 3 N–H and O–H groups in total. The molecule has 0 aromatic carbocycles. The maximum absolute atomic E-state index is 12.7. The molecule has 0 fully saturated rings. The Hall–Kier alpha value is -1.62. The van der Waals surface area contributed by atoms with Gasteiger partial charge in [0.2, 0.25) is 15.8 Å². The van der Waals surface area contributed by atoms with Crippen LogP contribution in [0.5, 0.6) is 0 Å². The predicted octanol–water partition coefficient (Wildman–Crippen LogP) is 0.888. The highest BCUT2D eigenvalue weighted by Gasteiger charge is 2.35. The molecule has 120 valence electrons. The largest absolute Gasteiger partial charge is 0.451 e. The van der Waals surface area contributed by atoms with E-state index in [1.165, 1.54) is 6.07 Å². The molecule has 0 amide bonds. The fourth-order valence-electron chi connectivity index (χ4n) is 1.36. The van der Waals surface area contributed by atoms with Crippen molar-refractivity contribution in [3.05, 3.63) is 11.9 Å². The Labute approximate surface area is 120 Å². The van der Waals surface area contributed by atoms with Crippen molar-refractivity contribution in [2.75, 3.05) is 36.5 Å². The van der Waals surface area contributed by atoms with Crippen LogP contribution in [-0.4, -0.2) is 44.3 Å². The highest BCUT2D eigenvalue weighted by atomic mass is 32.2. The molecule has 0 aliphatic carbocycles. The smallest absolute Gasteiger partial charge is 0.370 e. The molecule has 0 aliphatic rings. The number of sulfonamides is 1. The number of hydrogen-bond donors (Lipinski definition) is 3. The summed E-state index contributed by atoms with van der Waals surface area (Å²) >= 11 is 0. The molecule has 0 unspecified atom stereocenters. The van der Waals surface area contributed by atoms with E-state index in [0.29, 0.717) is 6.54 Å². The fraction of sp³-hybridized carbons (Fsp3) is 0.600. The van der Waals surface area contributed by atoms with E-state index in [1.54, 1.807) is 6.92 Å². The minimum atomic E-state index is -4.66. The van der Waals surface area contributed by atoms with Gasteiger partial charge >= 0.3 is 6.18 Å². The Morgan fingerprint density at radius 2 is 1.71 bits per heavy atom. The van der Waals surface area contributed by atoms with E-state index in [1.807, 2.05) is 0 Å². The van der Waals surface area contributed by atoms with Gasteiger partial charge in [0.15, 0.2) is 0 Å². The zero-order valence-electron chi connectivity index (χ0n) is 11.5. The average molecular weight is 327 g/mol. The van der Waals surface area contributed by atoms with E-state index < -0.39 is 22.0 Å². The van der Waals surface area contributed by atoms with Crippen molar-refractivity contribution in [3.8, 4) is 0 Å². The van der Waals surface area contributed by atoms with Crippen LogP contribution in [0.1, 0.15) is 12.7 Å². The molecule has 0 bridgehead atoms. The first-order valence-corrected chi connectivity index (χ1v) is 7.89. The van der Waals surface area contributed by atoms with Crippen molar-refractivity contribution in [1.82, 2.24) is 14.7 Å². The lowest BCUT2D eigenvalue weighted by atomic mass is 10.4.